The van der Waals surface area contributed by atoms with Crippen molar-refractivity contribution in [1.82, 2.24) is 25.2 Å². The minimum Gasteiger partial charge on any atom is -0.355 e. The van der Waals surface area contributed by atoms with Gasteiger partial charge in [0, 0.05) is 49.0 Å². The predicted molar refractivity (Wildman–Crippen MR) is 120 cm³/mol. The summed E-state index contributed by atoms with van der Waals surface area (Å²) in [6, 6.07) is 4.04. The highest BCUT2D eigenvalue weighted by Crippen LogP contribution is 2.36. The number of halogens is 1. The maximum absolute atomic E-state index is 4.53. The van der Waals surface area contributed by atoms with Crippen molar-refractivity contribution >= 4 is 41.7 Å². The molecule has 3 rings (SSSR count). The van der Waals surface area contributed by atoms with Crippen molar-refractivity contribution in [3.05, 3.63) is 42.1 Å². The summed E-state index contributed by atoms with van der Waals surface area (Å²) in [5, 5.41) is 6.87. The number of hydrogen-bond acceptors (Lipinski definition) is 4. The van der Waals surface area contributed by atoms with Crippen LogP contribution in [0.5, 0.6) is 0 Å². The Morgan fingerprint density at radius 3 is 2.85 bits per heavy atom. The van der Waals surface area contributed by atoms with Crippen LogP contribution in [0.15, 0.2) is 35.7 Å². The molecule has 1 aliphatic rings. The number of aromatic nitrogens is 3. The topological polar surface area (TPSA) is 67.1 Å². The lowest BCUT2D eigenvalue weighted by atomic mass is 10.1. The Kier molecular flexibility index (Phi) is 7.75. The van der Waals surface area contributed by atoms with E-state index in [1.54, 1.807) is 6.20 Å². The maximum Gasteiger partial charge on any atom is 0.191 e. The SMILES string of the molecule is CN=C(NCc1cccnc1-n1ccnc1C)NCC1(C)CCCS1.I. The van der Waals surface area contributed by atoms with Gasteiger partial charge in [0.2, 0.25) is 0 Å². The van der Waals surface area contributed by atoms with E-state index in [0.29, 0.717) is 11.3 Å². The van der Waals surface area contributed by atoms with Gasteiger partial charge in [-0.05, 0) is 38.5 Å². The highest BCUT2D eigenvalue weighted by molar-refractivity contribution is 14.0. The first kappa shape index (κ1) is 21.0. The van der Waals surface area contributed by atoms with Gasteiger partial charge in [0.05, 0.1) is 0 Å². The van der Waals surface area contributed by atoms with Gasteiger partial charge < -0.3 is 10.6 Å². The molecule has 2 aromatic heterocycles. The number of pyridine rings is 1. The summed E-state index contributed by atoms with van der Waals surface area (Å²) in [5.74, 6) is 3.91. The number of guanidine groups is 1. The molecule has 2 N–H and O–H groups in total. The molecule has 3 heterocycles. The number of nitrogens with one attached hydrogen (secondary N) is 2. The molecule has 0 saturated carbocycles. The third-order valence-corrected chi connectivity index (χ3v) is 6.06. The molecule has 2 aromatic rings. The van der Waals surface area contributed by atoms with E-state index in [4.69, 9.17) is 0 Å². The van der Waals surface area contributed by atoms with Crippen LogP contribution in [0.2, 0.25) is 0 Å². The second kappa shape index (κ2) is 9.59. The van der Waals surface area contributed by atoms with Crippen molar-refractivity contribution in [3.63, 3.8) is 0 Å². The molecule has 0 bridgehead atoms. The van der Waals surface area contributed by atoms with Gasteiger partial charge in [-0.15, -0.1) is 24.0 Å². The summed E-state index contributed by atoms with van der Waals surface area (Å²) in [6.07, 6.45) is 8.10. The fourth-order valence-electron chi connectivity index (χ4n) is 3.03. The maximum atomic E-state index is 4.53. The van der Waals surface area contributed by atoms with Gasteiger partial charge >= 0.3 is 0 Å². The highest BCUT2D eigenvalue weighted by Gasteiger charge is 2.29. The van der Waals surface area contributed by atoms with Gasteiger partial charge in [-0.1, -0.05) is 6.07 Å². The van der Waals surface area contributed by atoms with Crippen LogP contribution in [0.3, 0.4) is 0 Å². The van der Waals surface area contributed by atoms with E-state index in [1.165, 1.54) is 18.6 Å². The van der Waals surface area contributed by atoms with Crippen molar-refractivity contribution in [3.8, 4) is 5.82 Å². The Labute approximate surface area is 176 Å². The quantitative estimate of drug-likeness (QED) is 0.386. The molecule has 0 aromatic carbocycles. The lowest BCUT2D eigenvalue weighted by Crippen LogP contribution is -2.43. The van der Waals surface area contributed by atoms with E-state index in [1.807, 2.05) is 48.8 Å². The van der Waals surface area contributed by atoms with Crippen LogP contribution >= 0.6 is 35.7 Å². The zero-order valence-corrected chi connectivity index (χ0v) is 18.7. The average molecular weight is 486 g/mol. The monoisotopic (exact) mass is 486 g/mol. The van der Waals surface area contributed by atoms with Crippen LogP contribution < -0.4 is 10.6 Å². The minimum atomic E-state index is 0. The van der Waals surface area contributed by atoms with Gasteiger partial charge in [0.1, 0.15) is 11.6 Å². The van der Waals surface area contributed by atoms with E-state index in [2.05, 4.69) is 38.6 Å². The molecular weight excluding hydrogens is 459 g/mol. The molecule has 0 radical (unpaired) electrons. The molecule has 0 amide bonds. The van der Waals surface area contributed by atoms with Crippen LogP contribution in [-0.4, -0.2) is 44.6 Å². The van der Waals surface area contributed by atoms with Crippen LogP contribution in [0, 0.1) is 6.92 Å². The molecule has 26 heavy (non-hydrogen) atoms. The normalized spacial score (nSPS) is 19.9. The fraction of sp³-hybridized carbons (Fsp3) is 0.500. The standard InChI is InChI=1S/C18H26N6S.HI/c1-14-20-9-10-24(14)16-15(6-4-8-21-16)12-22-17(19-3)23-13-18(2)7-5-11-25-18;/h4,6,8-10H,5,7,11-13H2,1-3H3,(H2,19,22,23);1H. The van der Waals surface area contributed by atoms with Crippen molar-refractivity contribution in [2.75, 3.05) is 19.3 Å². The van der Waals surface area contributed by atoms with E-state index >= 15 is 0 Å². The first-order valence-corrected chi connectivity index (χ1v) is 9.62. The Bertz CT molecular complexity index is 739. The van der Waals surface area contributed by atoms with Gasteiger partial charge in [-0.3, -0.25) is 9.56 Å². The highest BCUT2D eigenvalue weighted by atomic mass is 127. The molecule has 1 unspecified atom stereocenters. The summed E-state index contributed by atoms with van der Waals surface area (Å²) in [5.41, 5.74) is 1.10. The largest absolute Gasteiger partial charge is 0.355 e. The molecule has 8 heteroatoms. The molecule has 6 nitrogen and oxygen atoms in total. The van der Waals surface area contributed by atoms with Crippen molar-refractivity contribution in [2.24, 2.45) is 4.99 Å². The van der Waals surface area contributed by atoms with Crippen molar-refractivity contribution < 1.29 is 0 Å². The molecule has 142 valence electrons. The molecule has 1 atom stereocenters. The zero-order chi connectivity index (χ0) is 17.7. The Hall–Kier alpha value is -1.29. The fourth-order valence-corrected chi connectivity index (χ4v) is 4.28. The van der Waals surface area contributed by atoms with Gasteiger partial charge in [-0.2, -0.15) is 11.8 Å². The molecule has 1 fully saturated rings. The lowest BCUT2D eigenvalue weighted by Gasteiger charge is -2.24. The van der Waals surface area contributed by atoms with Crippen molar-refractivity contribution in [2.45, 2.75) is 38.0 Å². The number of aryl methyl sites for hydroxylation is 1. The summed E-state index contributed by atoms with van der Waals surface area (Å²) >= 11 is 2.05. The Morgan fingerprint density at radius 1 is 1.35 bits per heavy atom. The number of nitrogens with zero attached hydrogens (tertiary/aromatic N) is 4. The predicted octanol–water partition coefficient (Wildman–Crippen LogP) is 3.14. The molecule has 1 saturated heterocycles. The van der Waals surface area contributed by atoms with E-state index in [-0.39, 0.29) is 24.0 Å². The molecule has 0 aliphatic carbocycles. The number of imidazole rings is 1. The smallest absolute Gasteiger partial charge is 0.191 e. The average Bonchev–Trinajstić information content (AvgIpc) is 3.24. The third-order valence-electron chi connectivity index (χ3n) is 4.52. The summed E-state index contributed by atoms with van der Waals surface area (Å²) in [7, 11) is 1.81. The van der Waals surface area contributed by atoms with Gasteiger partial charge in [0.25, 0.3) is 0 Å². The van der Waals surface area contributed by atoms with Crippen molar-refractivity contribution in [1.29, 1.82) is 0 Å². The van der Waals surface area contributed by atoms with Gasteiger partial charge in [-0.25, -0.2) is 9.97 Å². The van der Waals surface area contributed by atoms with Crippen LogP contribution in [0.4, 0.5) is 0 Å². The second-order valence-corrected chi connectivity index (χ2v) is 8.19. The first-order valence-electron chi connectivity index (χ1n) is 8.64. The number of hydrogen-bond donors (Lipinski definition) is 2. The first-order chi connectivity index (χ1) is 12.1. The number of aliphatic imine (C=N–C) groups is 1. The summed E-state index contributed by atoms with van der Waals surface area (Å²) in [4.78, 5) is 13.2. The molecular formula is C18H27IN6S. The molecule has 0 spiro atoms. The van der Waals surface area contributed by atoms with Crippen LogP contribution in [0.25, 0.3) is 5.82 Å². The second-order valence-electron chi connectivity index (χ2n) is 6.51. The van der Waals surface area contributed by atoms with Crippen LogP contribution in [-0.2, 0) is 6.54 Å². The zero-order valence-electron chi connectivity index (χ0n) is 15.5. The number of thioether (sulfide) groups is 1. The summed E-state index contributed by atoms with van der Waals surface area (Å²) < 4.78 is 2.31. The Balaban J connectivity index is 0.00000243. The number of rotatable bonds is 5. The van der Waals surface area contributed by atoms with E-state index < -0.39 is 0 Å². The Morgan fingerprint density at radius 2 is 2.19 bits per heavy atom. The minimum absolute atomic E-state index is 0. The van der Waals surface area contributed by atoms with Crippen LogP contribution in [0.1, 0.15) is 31.2 Å². The van der Waals surface area contributed by atoms with E-state index in [9.17, 15) is 0 Å². The van der Waals surface area contributed by atoms with Gasteiger partial charge in [0.15, 0.2) is 5.96 Å². The molecule has 1 aliphatic heterocycles. The third kappa shape index (κ3) is 5.12. The summed E-state index contributed by atoms with van der Waals surface area (Å²) in [6.45, 7) is 5.89. The van der Waals surface area contributed by atoms with E-state index in [0.717, 1.165) is 29.7 Å². The lowest BCUT2D eigenvalue weighted by molar-refractivity contribution is 0.584.